The van der Waals surface area contributed by atoms with Gasteiger partial charge in [0.05, 0.1) is 0 Å². The van der Waals surface area contributed by atoms with Crippen molar-refractivity contribution < 1.29 is 4.79 Å². The lowest BCUT2D eigenvalue weighted by atomic mass is 10.3. The van der Waals surface area contributed by atoms with Crippen molar-refractivity contribution in [3.63, 3.8) is 0 Å². The monoisotopic (exact) mass is 248 g/mol. The smallest absolute Gasteiger partial charge is 0.274 e. The van der Waals surface area contributed by atoms with Gasteiger partial charge >= 0.3 is 0 Å². The number of hydrogen-bond donors (Lipinski definition) is 0. The molecule has 0 atom stereocenters. The van der Waals surface area contributed by atoms with Gasteiger partial charge in [-0.2, -0.15) is 0 Å². The van der Waals surface area contributed by atoms with Gasteiger partial charge in [0.25, 0.3) is 5.91 Å². The van der Waals surface area contributed by atoms with Crippen LogP contribution < -0.4 is 0 Å². The molecule has 90 valence electrons. The highest BCUT2D eigenvalue weighted by Crippen LogP contribution is 2.19. The van der Waals surface area contributed by atoms with E-state index in [-0.39, 0.29) is 5.91 Å². The molecular weight excluding hydrogens is 232 g/mol. The van der Waals surface area contributed by atoms with Gasteiger partial charge in [0, 0.05) is 24.2 Å². The quantitative estimate of drug-likeness (QED) is 0.573. The summed E-state index contributed by atoms with van der Waals surface area (Å²) in [7, 11) is 0. The molecule has 0 unspecified atom stereocenters. The molecule has 0 saturated carbocycles. The molecule has 0 N–H and O–H groups in total. The Morgan fingerprint density at radius 2 is 2.12 bits per heavy atom. The fraction of sp³-hybridized carbons (Fsp3) is 0.231. The zero-order chi connectivity index (χ0) is 12.7. The number of thioether (sulfide) groups is 1. The average Bonchev–Trinajstić information content (AvgIpc) is 2.37. The molecule has 1 aromatic heterocycles. The Labute approximate surface area is 106 Å². The van der Waals surface area contributed by atoms with Gasteiger partial charge in [0.15, 0.2) is 0 Å². The van der Waals surface area contributed by atoms with Gasteiger partial charge in [0.1, 0.15) is 5.69 Å². The van der Waals surface area contributed by atoms with Gasteiger partial charge in [0.2, 0.25) is 0 Å². The van der Waals surface area contributed by atoms with Crippen LogP contribution in [0.5, 0.6) is 0 Å². The molecular formula is C13H16N2OS. The third-order valence-corrected chi connectivity index (χ3v) is 2.95. The SMILES string of the molecule is C=CCN(CC=C)C(=O)c1ncccc1SC. The van der Waals surface area contributed by atoms with E-state index in [0.29, 0.717) is 18.8 Å². The van der Waals surface area contributed by atoms with Crippen LogP contribution in [0, 0.1) is 0 Å². The van der Waals surface area contributed by atoms with E-state index in [4.69, 9.17) is 0 Å². The van der Waals surface area contributed by atoms with E-state index in [1.54, 1.807) is 23.2 Å². The summed E-state index contributed by atoms with van der Waals surface area (Å²) < 4.78 is 0. The highest BCUT2D eigenvalue weighted by Gasteiger charge is 2.17. The van der Waals surface area contributed by atoms with Crippen LogP contribution in [0.4, 0.5) is 0 Å². The van der Waals surface area contributed by atoms with Crippen LogP contribution in [0.3, 0.4) is 0 Å². The summed E-state index contributed by atoms with van der Waals surface area (Å²) in [5, 5.41) is 0. The highest BCUT2D eigenvalue weighted by molar-refractivity contribution is 7.98. The van der Waals surface area contributed by atoms with Crippen molar-refractivity contribution in [2.24, 2.45) is 0 Å². The molecule has 0 aliphatic carbocycles. The second-order valence-corrected chi connectivity index (χ2v) is 4.19. The van der Waals surface area contributed by atoms with Crippen LogP contribution in [0.15, 0.2) is 48.5 Å². The molecule has 0 bridgehead atoms. The number of nitrogens with zero attached hydrogens (tertiary/aromatic N) is 2. The fourth-order valence-electron chi connectivity index (χ4n) is 1.42. The summed E-state index contributed by atoms with van der Waals surface area (Å²) in [4.78, 5) is 19.0. The van der Waals surface area contributed by atoms with Crippen molar-refractivity contribution in [2.75, 3.05) is 19.3 Å². The molecule has 0 aliphatic rings. The molecule has 1 amide bonds. The van der Waals surface area contributed by atoms with Crippen LogP contribution in [0.25, 0.3) is 0 Å². The maximum absolute atomic E-state index is 12.3. The van der Waals surface area contributed by atoms with Gasteiger partial charge in [-0.05, 0) is 18.4 Å². The number of amides is 1. The van der Waals surface area contributed by atoms with Gasteiger partial charge in [-0.3, -0.25) is 4.79 Å². The Balaban J connectivity index is 2.99. The van der Waals surface area contributed by atoms with Crippen molar-refractivity contribution in [1.29, 1.82) is 0 Å². The lowest BCUT2D eigenvalue weighted by Crippen LogP contribution is -2.32. The molecule has 1 rings (SSSR count). The first kappa shape index (κ1) is 13.5. The summed E-state index contributed by atoms with van der Waals surface area (Å²) in [5.74, 6) is -0.0882. The molecule has 0 saturated heterocycles. The van der Waals surface area contributed by atoms with E-state index in [0.717, 1.165) is 4.90 Å². The van der Waals surface area contributed by atoms with Gasteiger partial charge < -0.3 is 4.90 Å². The Morgan fingerprint density at radius 1 is 1.47 bits per heavy atom. The Morgan fingerprint density at radius 3 is 2.65 bits per heavy atom. The van der Waals surface area contributed by atoms with Crippen LogP contribution in [0.2, 0.25) is 0 Å². The molecule has 0 radical (unpaired) electrons. The largest absolute Gasteiger partial charge is 0.330 e. The number of aromatic nitrogens is 1. The van der Waals surface area contributed by atoms with Crippen molar-refractivity contribution in [3.8, 4) is 0 Å². The van der Waals surface area contributed by atoms with Crippen molar-refractivity contribution in [3.05, 3.63) is 49.3 Å². The minimum atomic E-state index is -0.0882. The van der Waals surface area contributed by atoms with Crippen molar-refractivity contribution >= 4 is 17.7 Å². The highest BCUT2D eigenvalue weighted by atomic mass is 32.2. The molecule has 1 heterocycles. The topological polar surface area (TPSA) is 33.2 Å². The molecule has 0 aromatic carbocycles. The van der Waals surface area contributed by atoms with E-state index in [1.807, 2.05) is 18.4 Å². The molecule has 0 fully saturated rings. The lowest BCUT2D eigenvalue weighted by Gasteiger charge is -2.19. The Hall–Kier alpha value is -1.55. The fourth-order valence-corrected chi connectivity index (χ4v) is 1.97. The van der Waals surface area contributed by atoms with Crippen molar-refractivity contribution in [2.45, 2.75) is 4.90 Å². The normalized spacial score (nSPS) is 9.71. The Bertz CT molecular complexity index is 408. The first-order chi connectivity index (χ1) is 8.24. The van der Waals surface area contributed by atoms with Crippen LogP contribution >= 0.6 is 11.8 Å². The number of pyridine rings is 1. The predicted molar refractivity (Wildman–Crippen MR) is 72.3 cm³/mol. The molecule has 17 heavy (non-hydrogen) atoms. The first-order valence-corrected chi connectivity index (χ1v) is 6.47. The van der Waals surface area contributed by atoms with Gasteiger partial charge in [-0.15, -0.1) is 24.9 Å². The van der Waals surface area contributed by atoms with Crippen LogP contribution in [0.1, 0.15) is 10.5 Å². The zero-order valence-corrected chi connectivity index (χ0v) is 10.7. The van der Waals surface area contributed by atoms with E-state index in [1.165, 1.54) is 11.8 Å². The molecule has 3 nitrogen and oxygen atoms in total. The second kappa shape index (κ2) is 6.91. The summed E-state index contributed by atoms with van der Waals surface area (Å²) in [5.41, 5.74) is 0.490. The van der Waals surface area contributed by atoms with Crippen LogP contribution in [-0.2, 0) is 0 Å². The third kappa shape index (κ3) is 3.46. The lowest BCUT2D eigenvalue weighted by molar-refractivity contribution is 0.0781. The number of hydrogen-bond acceptors (Lipinski definition) is 3. The van der Waals surface area contributed by atoms with Crippen LogP contribution in [-0.4, -0.2) is 35.1 Å². The van der Waals surface area contributed by atoms with E-state index >= 15 is 0 Å². The summed E-state index contributed by atoms with van der Waals surface area (Å²) in [6.07, 6.45) is 6.96. The number of carbonyl (C=O) groups excluding carboxylic acids is 1. The minimum absolute atomic E-state index is 0.0882. The summed E-state index contributed by atoms with van der Waals surface area (Å²) in [6, 6.07) is 3.72. The number of rotatable bonds is 6. The molecule has 4 heteroatoms. The minimum Gasteiger partial charge on any atom is -0.330 e. The van der Waals surface area contributed by atoms with Crippen molar-refractivity contribution in [1.82, 2.24) is 9.88 Å². The van der Waals surface area contributed by atoms with Gasteiger partial charge in [-0.1, -0.05) is 12.2 Å². The van der Waals surface area contributed by atoms with E-state index in [9.17, 15) is 4.79 Å². The Kier molecular flexibility index (Phi) is 5.49. The third-order valence-electron chi connectivity index (χ3n) is 2.18. The zero-order valence-electron chi connectivity index (χ0n) is 9.93. The van der Waals surface area contributed by atoms with E-state index < -0.39 is 0 Å². The first-order valence-electron chi connectivity index (χ1n) is 5.24. The maximum atomic E-state index is 12.3. The predicted octanol–water partition coefficient (Wildman–Crippen LogP) is 2.62. The van der Waals surface area contributed by atoms with Gasteiger partial charge in [-0.25, -0.2) is 4.98 Å². The molecule has 0 spiro atoms. The summed E-state index contributed by atoms with van der Waals surface area (Å²) >= 11 is 1.52. The van der Waals surface area contributed by atoms with E-state index in [2.05, 4.69) is 18.1 Å². The maximum Gasteiger partial charge on any atom is 0.274 e. The summed E-state index contributed by atoms with van der Waals surface area (Å²) in [6.45, 7) is 8.29. The number of carbonyl (C=O) groups is 1. The second-order valence-electron chi connectivity index (χ2n) is 3.34. The molecule has 1 aromatic rings. The standard InChI is InChI=1S/C13H16N2OS/c1-4-9-15(10-5-2)13(16)12-11(17-3)7-6-8-14-12/h4-8H,1-2,9-10H2,3H3. The average molecular weight is 248 g/mol. The molecule has 0 aliphatic heterocycles.